The van der Waals surface area contributed by atoms with Gasteiger partial charge in [-0.05, 0) is 26.2 Å². The zero-order valence-corrected chi connectivity index (χ0v) is 13.7. The second-order valence-corrected chi connectivity index (χ2v) is 6.08. The Morgan fingerprint density at radius 2 is 2.29 bits per heavy atom. The van der Waals surface area contributed by atoms with Crippen molar-refractivity contribution in [3.05, 3.63) is 11.5 Å². The van der Waals surface area contributed by atoms with Crippen LogP contribution in [-0.2, 0) is 24.1 Å². The standard InChI is InChI=1S/C15H23ClN4O/c1-4-6-11-14-15(19(3)18-11)20(13(9-16)17-14)10(2)12-7-5-8-21-12/h10,12H,4-9H2,1-3H3. The van der Waals surface area contributed by atoms with Crippen molar-refractivity contribution in [2.45, 2.75) is 57.6 Å². The first-order chi connectivity index (χ1) is 10.2. The summed E-state index contributed by atoms with van der Waals surface area (Å²) in [6, 6.07) is 0.233. The number of imidazole rings is 1. The van der Waals surface area contributed by atoms with Crippen molar-refractivity contribution < 1.29 is 4.74 Å². The lowest BCUT2D eigenvalue weighted by Crippen LogP contribution is -2.23. The summed E-state index contributed by atoms with van der Waals surface area (Å²) in [5.41, 5.74) is 3.14. The average molecular weight is 311 g/mol. The first-order valence-electron chi connectivity index (χ1n) is 7.77. The van der Waals surface area contributed by atoms with E-state index in [1.165, 1.54) is 0 Å². The number of fused-ring (bicyclic) bond motifs is 1. The highest BCUT2D eigenvalue weighted by molar-refractivity contribution is 6.16. The molecule has 1 fully saturated rings. The van der Waals surface area contributed by atoms with E-state index in [1.807, 2.05) is 11.7 Å². The fraction of sp³-hybridized carbons (Fsp3) is 0.733. The van der Waals surface area contributed by atoms with Crippen LogP contribution in [0, 0.1) is 0 Å². The SMILES string of the molecule is CCCc1nn(C)c2c1nc(CCl)n2C(C)C1CCCO1. The minimum absolute atomic E-state index is 0.233. The van der Waals surface area contributed by atoms with Crippen molar-refractivity contribution in [1.29, 1.82) is 0 Å². The molecular weight excluding hydrogens is 288 g/mol. The lowest BCUT2D eigenvalue weighted by atomic mass is 10.1. The highest BCUT2D eigenvalue weighted by Crippen LogP contribution is 2.31. The molecule has 0 saturated carbocycles. The minimum atomic E-state index is 0.233. The molecule has 3 heterocycles. The Morgan fingerprint density at radius 3 is 2.90 bits per heavy atom. The van der Waals surface area contributed by atoms with Crippen LogP contribution in [0.2, 0.25) is 0 Å². The molecule has 2 aromatic heterocycles. The number of ether oxygens (including phenoxy) is 1. The van der Waals surface area contributed by atoms with Gasteiger partial charge in [0.05, 0.1) is 23.7 Å². The van der Waals surface area contributed by atoms with Gasteiger partial charge >= 0.3 is 0 Å². The highest BCUT2D eigenvalue weighted by Gasteiger charge is 2.29. The summed E-state index contributed by atoms with van der Waals surface area (Å²) in [4.78, 5) is 4.76. The molecule has 0 bridgehead atoms. The van der Waals surface area contributed by atoms with E-state index in [2.05, 4.69) is 23.5 Å². The van der Waals surface area contributed by atoms with Crippen molar-refractivity contribution in [2.75, 3.05) is 6.61 Å². The van der Waals surface area contributed by atoms with E-state index in [0.717, 1.165) is 55.0 Å². The van der Waals surface area contributed by atoms with Crippen molar-refractivity contribution in [2.24, 2.45) is 7.05 Å². The third kappa shape index (κ3) is 2.46. The molecular formula is C15H23ClN4O. The number of aromatic nitrogens is 4. The number of rotatable bonds is 5. The van der Waals surface area contributed by atoms with E-state index in [4.69, 9.17) is 21.3 Å². The van der Waals surface area contributed by atoms with Gasteiger partial charge in [-0.2, -0.15) is 5.10 Å². The van der Waals surface area contributed by atoms with Crippen LogP contribution in [0.3, 0.4) is 0 Å². The third-order valence-corrected chi connectivity index (χ3v) is 4.57. The smallest absolute Gasteiger partial charge is 0.159 e. The zero-order chi connectivity index (χ0) is 15.0. The van der Waals surface area contributed by atoms with Gasteiger partial charge in [-0.25, -0.2) is 4.98 Å². The predicted molar refractivity (Wildman–Crippen MR) is 83.7 cm³/mol. The van der Waals surface area contributed by atoms with E-state index in [-0.39, 0.29) is 12.1 Å². The van der Waals surface area contributed by atoms with E-state index in [1.54, 1.807) is 0 Å². The van der Waals surface area contributed by atoms with Gasteiger partial charge in [0, 0.05) is 13.7 Å². The Bertz CT molecular complexity index is 627. The molecule has 1 aliphatic rings. The molecule has 116 valence electrons. The van der Waals surface area contributed by atoms with Gasteiger partial charge < -0.3 is 9.30 Å². The monoisotopic (exact) mass is 310 g/mol. The first kappa shape index (κ1) is 14.9. The van der Waals surface area contributed by atoms with Gasteiger partial charge in [0.2, 0.25) is 0 Å². The van der Waals surface area contributed by atoms with Gasteiger partial charge in [-0.15, -0.1) is 11.6 Å². The lowest BCUT2D eigenvalue weighted by molar-refractivity contribution is 0.0734. The molecule has 0 radical (unpaired) electrons. The molecule has 5 nitrogen and oxygen atoms in total. The van der Waals surface area contributed by atoms with Crippen LogP contribution in [-0.4, -0.2) is 32.0 Å². The molecule has 2 aromatic rings. The summed E-state index contributed by atoms with van der Waals surface area (Å²) >= 11 is 6.14. The number of alkyl halides is 1. The lowest BCUT2D eigenvalue weighted by Gasteiger charge is -2.22. The summed E-state index contributed by atoms with van der Waals surface area (Å²) in [6.07, 6.45) is 4.49. The number of hydrogen-bond acceptors (Lipinski definition) is 3. The topological polar surface area (TPSA) is 44.9 Å². The van der Waals surface area contributed by atoms with Crippen LogP contribution < -0.4 is 0 Å². The molecule has 0 spiro atoms. The van der Waals surface area contributed by atoms with Crippen molar-refractivity contribution in [1.82, 2.24) is 19.3 Å². The van der Waals surface area contributed by atoms with Gasteiger partial charge in [-0.3, -0.25) is 4.68 Å². The van der Waals surface area contributed by atoms with Gasteiger partial charge in [0.1, 0.15) is 11.3 Å². The minimum Gasteiger partial charge on any atom is -0.376 e. The number of aryl methyl sites for hydroxylation is 2. The normalized spacial score (nSPS) is 20.5. The highest BCUT2D eigenvalue weighted by atomic mass is 35.5. The molecule has 1 aliphatic heterocycles. The maximum Gasteiger partial charge on any atom is 0.159 e. The molecule has 2 unspecified atom stereocenters. The zero-order valence-electron chi connectivity index (χ0n) is 13.0. The fourth-order valence-electron chi connectivity index (χ4n) is 3.32. The summed E-state index contributed by atoms with van der Waals surface area (Å²) in [5.74, 6) is 1.33. The molecule has 0 amide bonds. The van der Waals surface area contributed by atoms with Crippen LogP contribution in [0.1, 0.15) is 50.7 Å². The molecule has 0 N–H and O–H groups in total. The van der Waals surface area contributed by atoms with Crippen LogP contribution in [0.25, 0.3) is 11.2 Å². The van der Waals surface area contributed by atoms with Crippen molar-refractivity contribution in [3.63, 3.8) is 0 Å². The summed E-state index contributed by atoms with van der Waals surface area (Å²) in [6.45, 7) is 5.21. The number of nitrogens with zero attached hydrogens (tertiary/aromatic N) is 4. The number of hydrogen-bond donors (Lipinski definition) is 0. The van der Waals surface area contributed by atoms with Crippen LogP contribution >= 0.6 is 11.6 Å². The maximum atomic E-state index is 6.14. The van der Waals surface area contributed by atoms with Gasteiger partial charge in [0.15, 0.2) is 5.65 Å². The Labute approximate surface area is 130 Å². The Hall–Kier alpha value is -1.07. The average Bonchev–Trinajstić information content (AvgIpc) is 3.17. The van der Waals surface area contributed by atoms with Crippen molar-refractivity contribution in [3.8, 4) is 0 Å². The molecule has 2 atom stereocenters. The van der Waals surface area contributed by atoms with Crippen LogP contribution in [0.5, 0.6) is 0 Å². The van der Waals surface area contributed by atoms with E-state index in [0.29, 0.717) is 5.88 Å². The second kappa shape index (κ2) is 5.97. The fourth-order valence-corrected chi connectivity index (χ4v) is 3.51. The quantitative estimate of drug-likeness (QED) is 0.797. The summed E-state index contributed by atoms with van der Waals surface area (Å²) in [7, 11) is 1.99. The van der Waals surface area contributed by atoms with Crippen LogP contribution in [0.15, 0.2) is 0 Å². The second-order valence-electron chi connectivity index (χ2n) is 5.82. The molecule has 21 heavy (non-hydrogen) atoms. The number of halogens is 1. The summed E-state index contributed by atoms with van der Waals surface area (Å²) in [5, 5.41) is 4.63. The molecule has 3 rings (SSSR count). The van der Waals surface area contributed by atoms with Crippen molar-refractivity contribution >= 4 is 22.8 Å². The largest absolute Gasteiger partial charge is 0.376 e. The van der Waals surface area contributed by atoms with E-state index >= 15 is 0 Å². The molecule has 0 aromatic carbocycles. The Balaban J connectivity index is 2.10. The Morgan fingerprint density at radius 1 is 1.48 bits per heavy atom. The predicted octanol–water partition coefficient (Wildman–Crippen LogP) is 3.20. The van der Waals surface area contributed by atoms with Gasteiger partial charge in [0.25, 0.3) is 0 Å². The Kier molecular flexibility index (Phi) is 4.22. The third-order valence-electron chi connectivity index (χ3n) is 4.33. The molecule has 6 heteroatoms. The maximum absolute atomic E-state index is 6.14. The van der Waals surface area contributed by atoms with Gasteiger partial charge in [-0.1, -0.05) is 13.3 Å². The first-order valence-corrected chi connectivity index (χ1v) is 8.31. The van der Waals surface area contributed by atoms with E-state index in [9.17, 15) is 0 Å². The summed E-state index contributed by atoms with van der Waals surface area (Å²) < 4.78 is 10.0. The van der Waals surface area contributed by atoms with Crippen LogP contribution in [0.4, 0.5) is 0 Å². The molecule has 0 aliphatic carbocycles. The molecule has 1 saturated heterocycles. The van der Waals surface area contributed by atoms with E-state index < -0.39 is 0 Å².